The maximum Gasteiger partial charge on any atom is 0.418 e. The minimum atomic E-state index is -4.77. The summed E-state index contributed by atoms with van der Waals surface area (Å²) in [6, 6.07) is 16.5. The molecule has 2 bridgehead atoms. The van der Waals surface area contributed by atoms with Gasteiger partial charge < -0.3 is 19.8 Å². The van der Waals surface area contributed by atoms with Gasteiger partial charge in [0.1, 0.15) is 11.5 Å². The molecule has 4 aromatic rings. The quantitative estimate of drug-likeness (QED) is 0.200. The van der Waals surface area contributed by atoms with E-state index in [1.165, 1.54) is 23.9 Å². The first-order valence-electron chi connectivity index (χ1n) is 15.7. The first kappa shape index (κ1) is 32.9. The van der Waals surface area contributed by atoms with Gasteiger partial charge in [-0.05, 0) is 78.8 Å². The lowest BCUT2D eigenvalue weighted by Crippen LogP contribution is -2.42. The summed E-state index contributed by atoms with van der Waals surface area (Å²) in [6.07, 6.45) is -4.24. The van der Waals surface area contributed by atoms with E-state index in [9.17, 15) is 32.3 Å². The van der Waals surface area contributed by atoms with E-state index in [1.807, 2.05) is 0 Å². The van der Waals surface area contributed by atoms with Crippen LogP contribution in [0.1, 0.15) is 28.3 Å². The second-order valence-electron chi connectivity index (χ2n) is 12.7. The molecule has 3 amide bonds. The fourth-order valence-corrected chi connectivity index (χ4v) is 11.5. The topological polar surface area (TPSA) is 118 Å². The van der Waals surface area contributed by atoms with E-state index in [2.05, 4.69) is 10.3 Å². The Morgan fingerprint density at radius 2 is 1.74 bits per heavy atom. The van der Waals surface area contributed by atoms with Crippen molar-refractivity contribution in [1.29, 1.82) is 0 Å². The van der Waals surface area contributed by atoms with Crippen molar-refractivity contribution in [3.63, 3.8) is 0 Å². The number of hydrogen-bond acceptors (Lipinski definition) is 8. The SMILES string of the molecule is COc1ccc(NC(=O)COc2ccc(Cl)cc2[C@@H]2c3sc(=O)[nH]c3S[C@@H]3[C@@H]4C[C@@H]([C@@H]5C(=O)N(c6ccccc6C(F)(F)F)C(=O)[C@@H]45)[C@H]23)cc1. The van der Waals surface area contributed by atoms with Crippen LogP contribution in [0.4, 0.5) is 24.5 Å². The molecule has 3 aromatic carbocycles. The van der Waals surface area contributed by atoms with Crippen molar-refractivity contribution in [3.05, 3.63) is 97.4 Å². The number of alkyl halides is 3. The summed E-state index contributed by atoms with van der Waals surface area (Å²) in [7, 11) is 1.54. The van der Waals surface area contributed by atoms with E-state index >= 15 is 0 Å². The molecule has 4 aliphatic rings. The summed E-state index contributed by atoms with van der Waals surface area (Å²) in [6.45, 7) is -0.343. The molecule has 0 unspecified atom stereocenters. The summed E-state index contributed by atoms with van der Waals surface area (Å²) in [5.74, 6) is -3.79. The summed E-state index contributed by atoms with van der Waals surface area (Å²) in [4.78, 5) is 57.8. The van der Waals surface area contributed by atoms with Gasteiger partial charge in [-0.15, -0.1) is 11.8 Å². The van der Waals surface area contributed by atoms with Crippen LogP contribution in [0, 0.1) is 29.6 Å². The summed E-state index contributed by atoms with van der Waals surface area (Å²) in [5.41, 5.74) is -0.349. The number of methoxy groups -OCH3 is 1. The number of benzene rings is 3. The van der Waals surface area contributed by atoms with Gasteiger partial charge in [0.25, 0.3) is 5.91 Å². The fraction of sp³-hybridized carbons (Fsp3) is 0.314. The number of imide groups is 1. The van der Waals surface area contributed by atoms with Crippen molar-refractivity contribution >= 4 is 63.8 Å². The van der Waals surface area contributed by atoms with Gasteiger partial charge in [-0.25, -0.2) is 4.90 Å². The Hall–Kier alpha value is -4.27. The Morgan fingerprint density at radius 1 is 1.02 bits per heavy atom. The monoisotopic (exact) mass is 741 g/mol. The second kappa shape index (κ2) is 12.2. The highest BCUT2D eigenvalue weighted by molar-refractivity contribution is 8.00. The van der Waals surface area contributed by atoms with E-state index in [-0.39, 0.29) is 34.5 Å². The van der Waals surface area contributed by atoms with Crippen molar-refractivity contribution < 1.29 is 37.0 Å². The first-order chi connectivity index (χ1) is 23.9. The van der Waals surface area contributed by atoms with Gasteiger partial charge in [0, 0.05) is 32.3 Å². The number of nitrogens with one attached hydrogen (secondary N) is 2. The molecule has 2 N–H and O–H groups in total. The molecule has 258 valence electrons. The normalized spacial score (nSPS) is 26.4. The predicted octanol–water partition coefficient (Wildman–Crippen LogP) is 6.81. The number of carbonyl (C=O) groups is 3. The molecule has 50 heavy (non-hydrogen) atoms. The van der Waals surface area contributed by atoms with Crippen LogP contribution in [0.15, 0.2) is 76.6 Å². The van der Waals surface area contributed by atoms with Gasteiger partial charge >= 0.3 is 11.0 Å². The molecule has 3 heterocycles. The van der Waals surface area contributed by atoms with Crippen molar-refractivity contribution in [2.24, 2.45) is 29.6 Å². The predicted molar refractivity (Wildman–Crippen MR) is 181 cm³/mol. The molecule has 0 spiro atoms. The highest BCUT2D eigenvalue weighted by Crippen LogP contribution is 2.69. The van der Waals surface area contributed by atoms with Gasteiger partial charge in [0.15, 0.2) is 6.61 Å². The van der Waals surface area contributed by atoms with Gasteiger partial charge in [-0.1, -0.05) is 35.1 Å². The van der Waals surface area contributed by atoms with Gasteiger partial charge in [0.2, 0.25) is 11.8 Å². The number of H-pyrrole nitrogens is 1. The van der Waals surface area contributed by atoms with E-state index in [1.54, 1.807) is 49.6 Å². The molecule has 2 aliphatic carbocycles. The van der Waals surface area contributed by atoms with Crippen LogP contribution in [-0.4, -0.2) is 41.7 Å². The second-order valence-corrected chi connectivity index (χ2v) is 15.4. The van der Waals surface area contributed by atoms with Gasteiger partial charge in [-0.2, -0.15) is 13.2 Å². The average Bonchev–Trinajstić information content (AvgIpc) is 3.82. The number of nitrogens with zero attached hydrogens (tertiary/aromatic N) is 1. The molecule has 15 heteroatoms. The van der Waals surface area contributed by atoms with Crippen LogP contribution < -0.4 is 24.6 Å². The standard InChI is InChI=1S/C35H27ClF3N3O6S2/c1-47-17-9-7-16(8-10-17)40-24(43)14-48-23-11-6-15(36)12-18(23)25-26-19-13-20(29(26)49-31-30(25)50-34(46)41-31)28-27(19)32(44)42(33(28)45)22-5-3-2-4-21(22)35(37,38)39/h2-12,19-20,25-29H,13-14H2,1H3,(H,40,43)(H,41,46)/t19-,20-,25+,26-,27+,28+,29-/m1/s1. The molecule has 9 nitrogen and oxygen atoms in total. The minimum Gasteiger partial charge on any atom is -0.497 e. The van der Waals surface area contributed by atoms with Crippen LogP contribution >= 0.6 is 34.7 Å². The number of para-hydroxylation sites is 1. The smallest absolute Gasteiger partial charge is 0.418 e. The average molecular weight is 742 g/mol. The molecule has 1 saturated heterocycles. The highest BCUT2D eigenvalue weighted by Gasteiger charge is 2.70. The van der Waals surface area contributed by atoms with E-state index in [4.69, 9.17) is 21.1 Å². The first-order valence-corrected chi connectivity index (χ1v) is 17.8. The Kier molecular flexibility index (Phi) is 8.03. The molecule has 3 fully saturated rings. The van der Waals surface area contributed by atoms with Crippen LogP contribution in [0.5, 0.6) is 11.5 Å². The third-order valence-corrected chi connectivity index (χ3v) is 13.0. The maximum absolute atomic E-state index is 14.1. The van der Waals surface area contributed by atoms with E-state index in [0.29, 0.717) is 39.2 Å². The third kappa shape index (κ3) is 5.30. The van der Waals surface area contributed by atoms with Crippen LogP contribution in [0.3, 0.4) is 0 Å². The van der Waals surface area contributed by atoms with Gasteiger partial charge in [-0.3, -0.25) is 19.2 Å². The van der Waals surface area contributed by atoms with E-state index in [0.717, 1.165) is 33.2 Å². The summed E-state index contributed by atoms with van der Waals surface area (Å²) < 4.78 is 53.3. The Bertz CT molecular complexity index is 2100. The zero-order chi connectivity index (χ0) is 35.1. The number of amides is 3. The number of thioether (sulfide) groups is 1. The molecule has 1 aromatic heterocycles. The van der Waals surface area contributed by atoms with E-state index < -0.39 is 52.9 Å². The lowest BCUT2D eigenvalue weighted by atomic mass is 9.68. The number of hydrogen-bond donors (Lipinski definition) is 2. The number of halogens is 4. The zero-order valence-electron chi connectivity index (χ0n) is 26.0. The van der Waals surface area contributed by atoms with Crippen molar-refractivity contribution in [3.8, 4) is 11.5 Å². The maximum atomic E-state index is 14.1. The lowest BCUT2D eigenvalue weighted by Gasteiger charge is -2.43. The summed E-state index contributed by atoms with van der Waals surface area (Å²) in [5, 5.41) is 3.57. The number of rotatable bonds is 7. The minimum absolute atomic E-state index is 0.233. The number of anilines is 2. The Labute approximate surface area is 296 Å². The van der Waals surface area contributed by atoms with Crippen LogP contribution in [0.25, 0.3) is 0 Å². The fourth-order valence-electron chi connectivity index (χ4n) is 8.42. The molecule has 7 atom stereocenters. The number of aromatic amines is 1. The van der Waals surface area contributed by atoms with Crippen LogP contribution in [-0.2, 0) is 20.6 Å². The largest absolute Gasteiger partial charge is 0.497 e. The van der Waals surface area contributed by atoms with Crippen LogP contribution in [0.2, 0.25) is 5.02 Å². The number of thiazole rings is 1. The lowest BCUT2D eigenvalue weighted by molar-refractivity contribution is -0.137. The molecular formula is C35H27ClF3N3O6S2. The molecular weight excluding hydrogens is 715 g/mol. The molecule has 2 aliphatic heterocycles. The van der Waals surface area contributed by atoms with Crippen molar-refractivity contribution in [1.82, 2.24) is 4.98 Å². The Balaban J connectivity index is 1.13. The molecule has 0 radical (unpaired) electrons. The summed E-state index contributed by atoms with van der Waals surface area (Å²) >= 11 is 9.02. The number of ether oxygens (including phenoxy) is 2. The zero-order valence-corrected chi connectivity index (χ0v) is 28.4. The van der Waals surface area contributed by atoms with Crippen molar-refractivity contribution in [2.45, 2.75) is 28.8 Å². The van der Waals surface area contributed by atoms with Crippen molar-refractivity contribution in [2.75, 3.05) is 23.9 Å². The van der Waals surface area contributed by atoms with Gasteiger partial charge in [0.05, 0.1) is 35.2 Å². The molecule has 8 rings (SSSR count). The number of carbonyl (C=O) groups excluding carboxylic acids is 3. The number of fused-ring (bicyclic) bond motifs is 9. The molecule has 2 saturated carbocycles. The third-order valence-electron chi connectivity index (χ3n) is 10.2. The highest BCUT2D eigenvalue weighted by atomic mass is 35.5. The number of aromatic nitrogens is 1. The Morgan fingerprint density at radius 3 is 2.46 bits per heavy atom.